The topological polar surface area (TPSA) is 95.0 Å². The number of carbonyl (C=O) groups is 2. The molecule has 0 atom stereocenters. The molecule has 0 radical (unpaired) electrons. The summed E-state index contributed by atoms with van der Waals surface area (Å²) < 4.78 is 5.23. The van der Waals surface area contributed by atoms with Gasteiger partial charge in [-0.25, -0.2) is 9.78 Å². The third-order valence-electron chi connectivity index (χ3n) is 6.28. The van der Waals surface area contributed by atoms with Gasteiger partial charge in [-0.3, -0.25) is 4.79 Å². The summed E-state index contributed by atoms with van der Waals surface area (Å²) in [7, 11) is 1.65. The fraction of sp³-hybridized carbons (Fsp3) is 0.320. The van der Waals surface area contributed by atoms with Crippen molar-refractivity contribution in [1.82, 2.24) is 4.98 Å². The highest BCUT2D eigenvalue weighted by Gasteiger charge is 2.29. The Hall–Kier alpha value is -3.81. The van der Waals surface area contributed by atoms with E-state index >= 15 is 0 Å². The molecule has 1 amide bonds. The van der Waals surface area contributed by atoms with Gasteiger partial charge in [0.15, 0.2) is 0 Å². The van der Waals surface area contributed by atoms with Gasteiger partial charge in [0.25, 0.3) is 0 Å². The number of nitrogens with zero attached hydrogens (tertiary/aromatic N) is 3. The van der Waals surface area contributed by atoms with E-state index in [1.54, 1.807) is 31.4 Å². The van der Waals surface area contributed by atoms with E-state index < -0.39 is 5.97 Å². The Labute approximate surface area is 191 Å². The van der Waals surface area contributed by atoms with Crippen LogP contribution < -0.4 is 19.9 Å². The third kappa shape index (κ3) is 4.41. The minimum absolute atomic E-state index is 0.00876. The number of carboxylic acids is 1. The lowest BCUT2D eigenvalue weighted by atomic mass is 10.1. The van der Waals surface area contributed by atoms with Crippen molar-refractivity contribution in [2.75, 3.05) is 48.4 Å². The lowest BCUT2D eigenvalue weighted by Crippen LogP contribution is -2.46. The monoisotopic (exact) mass is 446 g/mol. The highest BCUT2D eigenvalue weighted by molar-refractivity contribution is 6.05. The molecule has 2 N–H and O–H groups in total. The fourth-order valence-corrected chi connectivity index (χ4v) is 4.21. The molecule has 1 aromatic heterocycles. The van der Waals surface area contributed by atoms with Gasteiger partial charge in [-0.1, -0.05) is 0 Å². The summed E-state index contributed by atoms with van der Waals surface area (Å²) in [4.78, 5) is 33.3. The molecule has 1 saturated carbocycles. The maximum Gasteiger partial charge on any atom is 0.336 e. The van der Waals surface area contributed by atoms with Crippen LogP contribution in [0.2, 0.25) is 0 Å². The van der Waals surface area contributed by atoms with Crippen molar-refractivity contribution in [2.24, 2.45) is 5.92 Å². The van der Waals surface area contributed by atoms with Gasteiger partial charge in [0, 0.05) is 48.9 Å². The van der Waals surface area contributed by atoms with E-state index in [4.69, 9.17) is 9.72 Å². The van der Waals surface area contributed by atoms with Gasteiger partial charge in [-0.05, 0) is 61.4 Å². The van der Waals surface area contributed by atoms with Crippen molar-refractivity contribution in [3.8, 4) is 5.75 Å². The first-order valence-corrected chi connectivity index (χ1v) is 11.1. The number of carbonyl (C=O) groups excluding carboxylic acids is 1. The number of methoxy groups -OCH3 is 1. The summed E-state index contributed by atoms with van der Waals surface area (Å²) in [5.41, 5.74) is 2.53. The number of piperazine rings is 1. The van der Waals surface area contributed by atoms with Crippen LogP contribution in [0.3, 0.4) is 0 Å². The standard InChI is InChI=1S/C25H26N4O4/c1-33-19-7-5-18(6-8-19)28-10-12-29(13-11-28)23-15-21(25(31)32)20-14-17(4-9-22(20)27-23)26-24(30)16-2-3-16/h4-9,14-16H,2-3,10-13H2,1H3,(H,26,30)(H,31,32). The molecule has 8 heteroatoms. The zero-order valence-electron chi connectivity index (χ0n) is 18.5. The minimum Gasteiger partial charge on any atom is -0.497 e. The molecule has 2 aliphatic rings. The van der Waals surface area contributed by atoms with Crippen LogP contribution in [0.25, 0.3) is 10.9 Å². The van der Waals surface area contributed by atoms with E-state index in [-0.39, 0.29) is 17.4 Å². The molecule has 8 nitrogen and oxygen atoms in total. The zero-order valence-corrected chi connectivity index (χ0v) is 18.5. The van der Waals surface area contributed by atoms with Crippen molar-refractivity contribution in [1.29, 1.82) is 0 Å². The summed E-state index contributed by atoms with van der Waals surface area (Å²) in [5.74, 6) is 0.548. The second-order valence-electron chi connectivity index (χ2n) is 8.50. The Morgan fingerprint density at radius 2 is 1.70 bits per heavy atom. The first-order chi connectivity index (χ1) is 16.0. The number of pyridine rings is 1. The van der Waals surface area contributed by atoms with Gasteiger partial charge < -0.3 is 25.0 Å². The van der Waals surface area contributed by atoms with Crippen molar-refractivity contribution in [3.63, 3.8) is 0 Å². The van der Waals surface area contributed by atoms with Gasteiger partial charge in [0.05, 0.1) is 18.2 Å². The Morgan fingerprint density at radius 1 is 1.00 bits per heavy atom. The van der Waals surface area contributed by atoms with Crippen molar-refractivity contribution < 1.29 is 19.4 Å². The third-order valence-corrected chi connectivity index (χ3v) is 6.28. The molecule has 1 aliphatic heterocycles. The Balaban J connectivity index is 1.35. The van der Waals surface area contributed by atoms with Crippen LogP contribution in [0.1, 0.15) is 23.2 Å². The van der Waals surface area contributed by atoms with E-state index in [0.717, 1.165) is 50.5 Å². The van der Waals surface area contributed by atoms with E-state index in [1.807, 2.05) is 24.3 Å². The number of hydrogen-bond donors (Lipinski definition) is 2. The molecule has 0 spiro atoms. The number of benzene rings is 2. The maximum absolute atomic E-state index is 12.1. The van der Waals surface area contributed by atoms with E-state index in [1.165, 1.54) is 0 Å². The number of nitrogens with one attached hydrogen (secondary N) is 1. The fourth-order valence-electron chi connectivity index (χ4n) is 4.21. The average Bonchev–Trinajstić information content (AvgIpc) is 3.69. The molecular weight excluding hydrogens is 420 g/mol. The Bertz CT molecular complexity index is 1200. The minimum atomic E-state index is -1.01. The average molecular weight is 447 g/mol. The number of fused-ring (bicyclic) bond motifs is 1. The lowest BCUT2D eigenvalue weighted by Gasteiger charge is -2.37. The molecule has 1 aliphatic carbocycles. The Morgan fingerprint density at radius 3 is 2.33 bits per heavy atom. The van der Waals surface area contributed by atoms with Crippen molar-refractivity contribution in [2.45, 2.75) is 12.8 Å². The Kier molecular flexibility index (Phi) is 5.50. The van der Waals surface area contributed by atoms with Gasteiger partial charge >= 0.3 is 5.97 Å². The summed E-state index contributed by atoms with van der Waals surface area (Å²) in [5, 5.41) is 13.3. The quantitative estimate of drug-likeness (QED) is 0.597. The predicted molar refractivity (Wildman–Crippen MR) is 127 cm³/mol. The highest BCUT2D eigenvalue weighted by atomic mass is 16.5. The molecule has 1 saturated heterocycles. The van der Waals surface area contributed by atoms with Crippen LogP contribution in [-0.2, 0) is 4.79 Å². The van der Waals surface area contributed by atoms with Crippen LogP contribution in [0, 0.1) is 5.92 Å². The van der Waals surface area contributed by atoms with Crippen LogP contribution in [0.4, 0.5) is 17.2 Å². The second kappa shape index (κ2) is 8.61. The van der Waals surface area contributed by atoms with Crippen molar-refractivity contribution >= 4 is 40.0 Å². The SMILES string of the molecule is COc1ccc(N2CCN(c3cc(C(=O)O)c4cc(NC(=O)C5CC5)ccc4n3)CC2)cc1. The highest BCUT2D eigenvalue weighted by Crippen LogP contribution is 2.32. The zero-order chi connectivity index (χ0) is 22.9. The molecule has 2 aromatic carbocycles. The van der Waals surface area contributed by atoms with Crippen LogP contribution >= 0.6 is 0 Å². The molecule has 2 fully saturated rings. The van der Waals surface area contributed by atoms with Gasteiger partial charge in [0.2, 0.25) is 5.91 Å². The molecular formula is C25H26N4O4. The van der Waals surface area contributed by atoms with Gasteiger partial charge in [0.1, 0.15) is 11.6 Å². The molecule has 170 valence electrons. The number of hydrogen-bond acceptors (Lipinski definition) is 6. The molecule has 33 heavy (non-hydrogen) atoms. The summed E-state index contributed by atoms with van der Waals surface area (Å²) in [6.45, 7) is 3.08. The number of aromatic carboxylic acids is 1. The predicted octanol–water partition coefficient (Wildman–Crippen LogP) is 3.62. The number of rotatable bonds is 6. The number of aromatic nitrogens is 1. The van der Waals surface area contributed by atoms with E-state index in [0.29, 0.717) is 22.4 Å². The van der Waals surface area contributed by atoms with E-state index in [9.17, 15) is 14.7 Å². The first-order valence-electron chi connectivity index (χ1n) is 11.1. The first kappa shape index (κ1) is 21.1. The molecule has 5 rings (SSSR count). The summed E-state index contributed by atoms with van der Waals surface area (Å²) in [6, 6.07) is 14.9. The van der Waals surface area contributed by atoms with Crippen molar-refractivity contribution in [3.05, 3.63) is 54.1 Å². The van der Waals surface area contributed by atoms with Gasteiger partial charge in [-0.15, -0.1) is 0 Å². The number of carboxylic acid groups (broad SMARTS) is 1. The van der Waals surface area contributed by atoms with Crippen LogP contribution in [0.5, 0.6) is 5.75 Å². The lowest BCUT2D eigenvalue weighted by molar-refractivity contribution is -0.117. The summed E-state index contributed by atoms with van der Waals surface area (Å²) >= 11 is 0. The smallest absolute Gasteiger partial charge is 0.336 e. The van der Waals surface area contributed by atoms with Crippen LogP contribution in [-0.4, -0.2) is 55.3 Å². The van der Waals surface area contributed by atoms with Crippen LogP contribution in [0.15, 0.2) is 48.5 Å². The molecule has 2 heterocycles. The largest absolute Gasteiger partial charge is 0.497 e. The molecule has 0 unspecified atom stereocenters. The number of ether oxygens (including phenoxy) is 1. The number of anilines is 3. The molecule has 3 aromatic rings. The maximum atomic E-state index is 12.1. The summed E-state index contributed by atoms with van der Waals surface area (Å²) in [6.07, 6.45) is 1.83. The second-order valence-corrected chi connectivity index (χ2v) is 8.50. The van der Waals surface area contributed by atoms with E-state index in [2.05, 4.69) is 15.1 Å². The normalized spacial score (nSPS) is 16.0. The molecule has 0 bridgehead atoms. The van der Waals surface area contributed by atoms with Gasteiger partial charge in [-0.2, -0.15) is 0 Å². The number of amides is 1.